The van der Waals surface area contributed by atoms with E-state index in [1.807, 2.05) is 18.2 Å². The van der Waals surface area contributed by atoms with Gasteiger partial charge in [0.15, 0.2) is 0 Å². The average Bonchev–Trinajstić information content (AvgIpc) is 2.81. The molecule has 6 atom stereocenters. The first-order valence-electron chi connectivity index (χ1n) is 10.3. The SMILES string of the molecule is OC[C@@H](O)[C@H](O)[C@H](O)CN(CCOc1ccc2c(c1)CSSC2)C[C@@H](O)[C@@H](O)[C@H](O)CO. The first-order valence-corrected chi connectivity index (χ1v) is 12.8. The molecule has 8 N–H and O–H groups in total. The van der Waals surface area contributed by atoms with E-state index in [0.717, 1.165) is 11.5 Å². The highest BCUT2D eigenvalue weighted by Crippen LogP contribution is 2.38. The van der Waals surface area contributed by atoms with Gasteiger partial charge in [0.05, 0.1) is 25.4 Å². The van der Waals surface area contributed by atoms with Crippen LogP contribution in [0.2, 0.25) is 0 Å². The van der Waals surface area contributed by atoms with Crippen LogP contribution < -0.4 is 4.74 Å². The van der Waals surface area contributed by atoms with Crippen LogP contribution in [0.25, 0.3) is 0 Å². The number of hydrogen-bond acceptors (Lipinski definition) is 12. The fourth-order valence-electron chi connectivity index (χ4n) is 3.20. The molecule has 0 spiro atoms. The molecule has 10 nitrogen and oxygen atoms in total. The van der Waals surface area contributed by atoms with E-state index in [2.05, 4.69) is 0 Å². The molecule has 1 aromatic rings. The Morgan fingerprint density at radius 3 is 1.84 bits per heavy atom. The lowest BCUT2D eigenvalue weighted by molar-refractivity contribution is -0.101. The molecule has 12 heteroatoms. The first kappa shape index (κ1) is 27.6. The van der Waals surface area contributed by atoms with Crippen molar-refractivity contribution in [1.29, 1.82) is 0 Å². The number of aliphatic hydroxyl groups is 8. The molecule has 1 aliphatic heterocycles. The van der Waals surface area contributed by atoms with Crippen molar-refractivity contribution in [3.63, 3.8) is 0 Å². The van der Waals surface area contributed by atoms with Gasteiger partial charge in [-0.3, -0.25) is 4.90 Å². The van der Waals surface area contributed by atoms with Crippen LogP contribution in [0.15, 0.2) is 18.2 Å². The van der Waals surface area contributed by atoms with Gasteiger partial charge in [-0.25, -0.2) is 0 Å². The summed E-state index contributed by atoms with van der Waals surface area (Å²) in [7, 11) is 3.58. The van der Waals surface area contributed by atoms with E-state index in [1.165, 1.54) is 16.0 Å². The predicted molar refractivity (Wildman–Crippen MR) is 121 cm³/mol. The second kappa shape index (κ2) is 13.9. The number of nitrogens with zero attached hydrogens (tertiary/aromatic N) is 1. The fourth-order valence-corrected chi connectivity index (χ4v) is 5.43. The van der Waals surface area contributed by atoms with Gasteiger partial charge in [-0.15, -0.1) is 0 Å². The summed E-state index contributed by atoms with van der Waals surface area (Å²) in [5.74, 6) is 2.50. The molecule has 0 amide bonds. The molecule has 0 saturated heterocycles. The molecule has 1 heterocycles. The maximum absolute atomic E-state index is 10.2. The molecule has 0 bridgehead atoms. The molecule has 1 aliphatic rings. The van der Waals surface area contributed by atoms with Gasteiger partial charge in [0.2, 0.25) is 0 Å². The average molecular weight is 496 g/mol. The second-order valence-corrected chi connectivity index (χ2v) is 10.1. The van der Waals surface area contributed by atoms with Crippen LogP contribution in [-0.2, 0) is 11.5 Å². The summed E-state index contributed by atoms with van der Waals surface area (Å²) < 4.78 is 5.80. The van der Waals surface area contributed by atoms with E-state index < -0.39 is 49.8 Å². The third-order valence-electron chi connectivity index (χ3n) is 5.21. The molecular weight excluding hydrogens is 462 g/mol. The van der Waals surface area contributed by atoms with Crippen molar-refractivity contribution in [2.45, 2.75) is 48.1 Å². The largest absolute Gasteiger partial charge is 0.492 e. The number of ether oxygens (including phenoxy) is 1. The lowest BCUT2D eigenvalue weighted by Gasteiger charge is -2.32. The molecule has 2 rings (SSSR count). The lowest BCUT2D eigenvalue weighted by Crippen LogP contribution is -2.51. The standard InChI is InChI=1S/C20H33NO9S2/c22-8-17(26)19(28)15(24)6-21(7-16(25)20(29)18(27)9-23)3-4-30-14-2-1-12-10-31-32-11-13(12)5-14/h1-2,5,15-20,22-29H,3-4,6-11H2/t15-,16-,17-,18-,19-,20-/m1/s1. The molecule has 0 aliphatic carbocycles. The number of hydrogen-bond donors (Lipinski definition) is 8. The highest BCUT2D eigenvalue weighted by Gasteiger charge is 2.30. The van der Waals surface area contributed by atoms with E-state index in [9.17, 15) is 30.6 Å². The topological polar surface area (TPSA) is 174 Å². The van der Waals surface area contributed by atoms with Gasteiger partial charge in [-0.2, -0.15) is 0 Å². The Labute approximate surface area is 194 Å². The Kier molecular flexibility index (Phi) is 12.0. The smallest absolute Gasteiger partial charge is 0.119 e. The zero-order chi connectivity index (χ0) is 23.7. The molecular formula is C20H33NO9S2. The molecule has 0 radical (unpaired) electrons. The van der Waals surface area contributed by atoms with Crippen molar-refractivity contribution in [3.8, 4) is 5.75 Å². The van der Waals surface area contributed by atoms with Crippen LogP contribution in [0.4, 0.5) is 0 Å². The van der Waals surface area contributed by atoms with E-state index in [0.29, 0.717) is 5.75 Å². The van der Waals surface area contributed by atoms with E-state index in [1.54, 1.807) is 21.6 Å². The van der Waals surface area contributed by atoms with Crippen LogP contribution in [0.3, 0.4) is 0 Å². The summed E-state index contributed by atoms with van der Waals surface area (Å²) in [6.45, 7) is -1.55. The second-order valence-electron chi connectivity index (χ2n) is 7.68. The molecule has 32 heavy (non-hydrogen) atoms. The van der Waals surface area contributed by atoms with Gasteiger partial charge < -0.3 is 45.6 Å². The molecule has 0 fully saturated rings. The lowest BCUT2D eigenvalue weighted by atomic mass is 10.1. The van der Waals surface area contributed by atoms with Crippen molar-refractivity contribution in [3.05, 3.63) is 29.3 Å². The Bertz CT molecular complexity index is 662. The highest BCUT2D eigenvalue weighted by atomic mass is 33.1. The first-order chi connectivity index (χ1) is 15.3. The van der Waals surface area contributed by atoms with Crippen LogP contribution in [0.1, 0.15) is 11.1 Å². The van der Waals surface area contributed by atoms with E-state index in [-0.39, 0.29) is 26.2 Å². The summed E-state index contributed by atoms with van der Waals surface area (Å²) in [5, 5.41) is 77.3. The quantitative estimate of drug-likeness (QED) is 0.132. The summed E-state index contributed by atoms with van der Waals surface area (Å²) >= 11 is 0. The van der Waals surface area contributed by atoms with Gasteiger partial charge in [0.1, 0.15) is 36.8 Å². The van der Waals surface area contributed by atoms with Crippen molar-refractivity contribution >= 4 is 21.6 Å². The van der Waals surface area contributed by atoms with Crippen LogP contribution in [-0.4, -0.2) is 122 Å². The van der Waals surface area contributed by atoms with Crippen molar-refractivity contribution in [2.24, 2.45) is 0 Å². The van der Waals surface area contributed by atoms with E-state index in [4.69, 9.17) is 14.9 Å². The van der Waals surface area contributed by atoms with Gasteiger partial charge in [-0.05, 0) is 23.3 Å². The highest BCUT2D eigenvalue weighted by molar-refractivity contribution is 8.76. The van der Waals surface area contributed by atoms with Crippen molar-refractivity contribution in [1.82, 2.24) is 4.90 Å². The van der Waals surface area contributed by atoms with Gasteiger partial charge in [0.25, 0.3) is 0 Å². The number of rotatable bonds is 14. The maximum atomic E-state index is 10.2. The summed E-state index contributed by atoms with van der Waals surface area (Å²) in [5.41, 5.74) is 2.47. The Morgan fingerprint density at radius 2 is 1.31 bits per heavy atom. The minimum Gasteiger partial charge on any atom is -0.492 e. The van der Waals surface area contributed by atoms with Crippen molar-refractivity contribution in [2.75, 3.05) is 39.5 Å². The molecule has 0 saturated carbocycles. The normalized spacial score (nSPS) is 19.7. The zero-order valence-electron chi connectivity index (χ0n) is 17.6. The number of fused-ring (bicyclic) bond motifs is 1. The third kappa shape index (κ3) is 8.29. The molecule has 184 valence electrons. The summed E-state index contributed by atoms with van der Waals surface area (Å²) in [4.78, 5) is 1.49. The minimum atomic E-state index is -1.62. The Balaban J connectivity index is 1.98. The van der Waals surface area contributed by atoms with E-state index >= 15 is 0 Å². The van der Waals surface area contributed by atoms with Crippen molar-refractivity contribution < 1.29 is 45.6 Å². The number of benzene rings is 1. The zero-order valence-corrected chi connectivity index (χ0v) is 19.2. The monoisotopic (exact) mass is 495 g/mol. The predicted octanol–water partition coefficient (Wildman–Crippen LogP) is -2.09. The third-order valence-corrected chi connectivity index (χ3v) is 7.44. The molecule has 0 unspecified atom stereocenters. The van der Waals surface area contributed by atoms with Crippen LogP contribution in [0.5, 0.6) is 5.75 Å². The molecule has 1 aromatic carbocycles. The minimum absolute atomic E-state index is 0.164. The fraction of sp³-hybridized carbons (Fsp3) is 0.700. The van der Waals surface area contributed by atoms with Crippen LogP contribution >= 0.6 is 21.6 Å². The summed E-state index contributed by atoms with van der Waals surface area (Å²) in [6.07, 6.45) is -9.23. The number of aliphatic hydroxyl groups excluding tert-OH is 8. The van der Waals surface area contributed by atoms with Crippen LogP contribution in [0, 0.1) is 0 Å². The van der Waals surface area contributed by atoms with Gasteiger partial charge >= 0.3 is 0 Å². The summed E-state index contributed by atoms with van der Waals surface area (Å²) in [6, 6.07) is 5.85. The van der Waals surface area contributed by atoms with Gasteiger partial charge in [-0.1, -0.05) is 27.7 Å². The Morgan fingerprint density at radius 1 is 0.781 bits per heavy atom. The maximum Gasteiger partial charge on any atom is 0.119 e. The van der Waals surface area contributed by atoms with Gasteiger partial charge in [0, 0.05) is 31.1 Å². The molecule has 0 aromatic heterocycles. The Hall–Kier alpha value is -0.640.